The van der Waals surface area contributed by atoms with Crippen LogP contribution in [-0.4, -0.2) is 15.7 Å². The Labute approximate surface area is 122 Å². The maximum atomic E-state index is 12.6. The lowest BCUT2D eigenvalue weighted by Crippen LogP contribution is -2.44. The van der Waals surface area contributed by atoms with Crippen molar-refractivity contribution in [3.8, 4) is 0 Å². The largest absolute Gasteiger partial charge is 0.442 e. The average molecular weight is 280 g/mol. The van der Waals surface area contributed by atoms with E-state index < -0.39 is 5.41 Å². The smallest absolute Gasteiger partial charge is 0.314 e. The number of carbonyl (C=O) groups excluding carboxylic acids is 1. The van der Waals surface area contributed by atoms with Crippen LogP contribution in [0.5, 0.6) is 0 Å². The average Bonchev–Trinajstić information content (AvgIpc) is 2.74. The summed E-state index contributed by atoms with van der Waals surface area (Å²) in [6, 6.07) is 1.81. The standard InChI is InChI=1S/C16H28N2O2/c1-14(2,3)11-16(7,15(4,5)6)13(19)20-12-18-10-8-9-17-18/h8-10H,11-12H2,1-7H3. The fraction of sp³-hybridized carbons (Fsp3) is 0.750. The molecule has 1 unspecified atom stereocenters. The fourth-order valence-corrected chi connectivity index (χ4v) is 2.37. The van der Waals surface area contributed by atoms with Crippen LogP contribution >= 0.6 is 0 Å². The molecule has 0 bridgehead atoms. The van der Waals surface area contributed by atoms with Crippen molar-refractivity contribution >= 4 is 5.97 Å². The van der Waals surface area contributed by atoms with E-state index in [0.29, 0.717) is 0 Å². The predicted octanol–water partition coefficient (Wildman–Crippen LogP) is 3.87. The summed E-state index contributed by atoms with van der Waals surface area (Å²) in [4.78, 5) is 12.6. The molecule has 1 aromatic heterocycles. The number of nitrogens with zero attached hydrogens (tertiary/aromatic N) is 2. The second kappa shape index (κ2) is 5.58. The van der Waals surface area contributed by atoms with E-state index in [1.54, 1.807) is 17.1 Å². The van der Waals surface area contributed by atoms with E-state index in [4.69, 9.17) is 4.74 Å². The molecular formula is C16H28N2O2. The molecule has 0 saturated carbocycles. The summed E-state index contributed by atoms with van der Waals surface area (Å²) in [5.41, 5.74) is -0.632. The lowest BCUT2D eigenvalue weighted by atomic mass is 9.61. The fourth-order valence-electron chi connectivity index (χ4n) is 2.37. The Morgan fingerprint density at radius 1 is 1.15 bits per heavy atom. The molecule has 0 aliphatic rings. The third-order valence-corrected chi connectivity index (χ3v) is 3.88. The molecule has 1 heterocycles. The van der Waals surface area contributed by atoms with Gasteiger partial charge in [-0.15, -0.1) is 0 Å². The zero-order valence-corrected chi connectivity index (χ0v) is 13.9. The van der Waals surface area contributed by atoms with Crippen LogP contribution in [0, 0.1) is 16.2 Å². The molecule has 4 heteroatoms. The van der Waals surface area contributed by atoms with Crippen LogP contribution in [0.4, 0.5) is 0 Å². The number of aromatic nitrogens is 2. The number of rotatable bonds is 4. The van der Waals surface area contributed by atoms with Crippen molar-refractivity contribution in [2.24, 2.45) is 16.2 Å². The van der Waals surface area contributed by atoms with Crippen LogP contribution < -0.4 is 0 Å². The highest BCUT2D eigenvalue weighted by molar-refractivity contribution is 5.77. The molecule has 0 amide bonds. The zero-order chi connectivity index (χ0) is 15.6. The van der Waals surface area contributed by atoms with E-state index in [1.165, 1.54) is 0 Å². The maximum Gasteiger partial charge on any atom is 0.314 e. The van der Waals surface area contributed by atoms with Gasteiger partial charge in [-0.1, -0.05) is 41.5 Å². The summed E-state index contributed by atoms with van der Waals surface area (Å²) in [7, 11) is 0. The number of hydrogen-bond donors (Lipinski definition) is 0. The second-order valence-electron chi connectivity index (χ2n) is 7.93. The normalized spacial score (nSPS) is 15.8. The molecule has 1 rings (SSSR count). The highest BCUT2D eigenvalue weighted by Gasteiger charge is 2.47. The van der Waals surface area contributed by atoms with Gasteiger partial charge in [0.1, 0.15) is 0 Å². The van der Waals surface area contributed by atoms with Crippen LogP contribution in [-0.2, 0) is 16.3 Å². The first kappa shape index (κ1) is 16.7. The van der Waals surface area contributed by atoms with Gasteiger partial charge in [-0.25, -0.2) is 4.68 Å². The molecule has 0 aromatic carbocycles. The predicted molar refractivity (Wildman–Crippen MR) is 80.0 cm³/mol. The highest BCUT2D eigenvalue weighted by atomic mass is 16.5. The van der Waals surface area contributed by atoms with Crippen LogP contribution in [0.3, 0.4) is 0 Å². The van der Waals surface area contributed by atoms with E-state index in [9.17, 15) is 4.79 Å². The third kappa shape index (κ3) is 4.09. The van der Waals surface area contributed by atoms with E-state index in [2.05, 4.69) is 46.6 Å². The van der Waals surface area contributed by atoms with Gasteiger partial charge in [0, 0.05) is 12.4 Å². The van der Waals surface area contributed by atoms with Gasteiger partial charge in [-0.05, 0) is 30.2 Å². The number of ether oxygens (including phenoxy) is 1. The zero-order valence-electron chi connectivity index (χ0n) is 13.9. The van der Waals surface area contributed by atoms with Gasteiger partial charge < -0.3 is 4.74 Å². The molecule has 114 valence electrons. The molecule has 0 N–H and O–H groups in total. The van der Waals surface area contributed by atoms with Gasteiger partial charge in [0.05, 0.1) is 5.41 Å². The van der Waals surface area contributed by atoms with Crippen molar-refractivity contribution in [2.75, 3.05) is 0 Å². The molecule has 0 saturated heterocycles. The molecule has 4 nitrogen and oxygen atoms in total. The Bertz CT molecular complexity index is 438. The Balaban J connectivity index is 2.85. The number of hydrogen-bond acceptors (Lipinski definition) is 3. The van der Waals surface area contributed by atoms with E-state index in [1.807, 2.05) is 13.0 Å². The highest BCUT2D eigenvalue weighted by Crippen LogP contribution is 2.47. The second-order valence-corrected chi connectivity index (χ2v) is 7.93. The van der Waals surface area contributed by atoms with E-state index >= 15 is 0 Å². The Hall–Kier alpha value is -1.32. The van der Waals surface area contributed by atoms with Crippen LogP contribution in [0.15, 0.2) is 18.5 Å². The Kier molecular flexibility index (Phi) is 4.67. The van der Waals surface area contributed by atoms with Gasteiger partial charge in [0.25, 0.3) is 0 Å². The van der Waals surface area contributed by atoms with E-state index in [-0.39, 0.29) is 23.5 Å². The summed E-state index contributed by atoms with van der Waals surface area (Å²) in [6.07, 6.45) is 4.23. The SMILES string of the molecule is CC(C)(C)CC(C)(C(=O)OCn1cccn1)C(C)(C)C. The van der Waals surface area contributed by atoms with Crippen molar-refractivity contribution in [3.05, 3.63) is 18.5 Å². The molecule has 1 atom stereocenters. The van der Waals surface area contributed by atoms with Crippen LogP contribution in [0.2, 0.25) is 0 Å². The van der Waals surface area contributed by atoms with E-state index in [0.717, 1.165) is 6.42 Å². The molecule has 0 aliphatic heterocycles. The van der Waals surface area contributed by atoms with Gasteiger partial charge >= 0.3 is 5.97 Å². The van der Waals surface area contributed by atoms with Crippen molar-refractivity contribution in [2.45, 2.75) is 61.6 Å². The van der Waals surface area contributed by atoms with Crippen molar-refractivity contribution in [1.82, 2.24) is 9.78 Å². The van der Waals surface area contributed by atoms with Crippen LogP contribution in [0.1, 0.15) is 54.9 Å². The van der Waals surface area contributed by atoms with Gasteiger partial charge in [-0.3, -0.25) is 4.79 Å². The number of esters is 1. The lowest BCUT2D eigenvalue weighted by molar-refractivity contribution is -0.169. The number of carbonyl (C=O) groups is 1. The van der Waals surface area contributed by atoms with Crippen LogP contribution in [0.25, 0.3) is 0 Å². The maximum absolute atomic E-state index is 12.6. The summed E-state index contributed by atoms with van der Waals surface area (Å²) in [5, 5.41) is 4.05. The molecular weight excluding hydrogens is 252 g/mol. The molecule has 0 aliphatic carbocycles. The topological polar surface area (TPSA) is 44.1 Å². The van der Waals surface area contributed by atoms with Gasteiger partial charge in [-0.2, -0.15) is 5.10 Å². The first-order valence-electron chi connectivity index (χ1n) is 7.10. The molecule has 0 fully saturated rings. The van der Waals surface area contributed by atoms with Crippen molar-refractivity contribution < 1.29 is 9.53 Å². The monoisotopic (exact) mass is 280 g/mol. The summed E-state index contributed by atoms with van der Waals surface area (Å²) in [6.45, 7) is 14.9. The Morgan fingerprint density at radius 2 is 1.75 bits per heavy atom. The minimum absolute atomic E-state index is 0.0623. The van der Waals surface area contributed by atoms with Crippen molar-refractivity contribution in [3.63, 3.8) is 0 Å². The minimum Gasteiger partial charge on any atom is -0.442 e. The summed E-state index contributed by atoms with van der Waals surface area (Å²) >= 11 is 0. The third-order valence-electron chi connectivity index (χ3n) is 3.88. The quantitative estimate of drug-likeness (QED) is 0.786. The first-order valence-corrected chi connectivity index (χ1v) is 7.10. The molecule has 20 heavy (non-hydrogen) atoms. The summed E-state index contributed by atoms with van der Waals surface area (Å²) in [5.74, 6) is -0.157. The van der Waals surface area contributed by atoms with Gasteiger partial charge in [0.15, 0.2) is 6.73 Å². The first-order chi connectivity index (χ1) is 8.96. The summed E-state index contributed by atoms with van der Waals surface area (Å²) < 4.78 is 7.09. The Morgan fingerprint density at radius 3 is 2.15 bits per heavy atom. The van der Waals surface area contributed by atoms with Gasteiger partial charge in [0.2, 0.25) is 0 Å². The molecule has 0 radical (unpaired) electrons. The molecule has 1 aromatic rings. The minimum atomic E-state index is -0.529. The van der Waals surface area contributed by atoms with Crippen molar-refractivity contribution in [1.29, 1.82) is 0 Å². The lowest BCUT2D eigenvalue weighted by Gasteiger charge is -2.43. The molecule has 0 spiro atoms.